The number of carbonyl (C=O) groups excluding carboxylic acids is 1. The highest BCUT2D eigenvalue weighted by Crippen LogP contribution is 2.33. The van der Waals surface area contributed by atoms with Crippen molar-refractivity contribution >= 4 is 25.0 Å². The lowest BCUT2D eigenvalue weighted by atomic mass is 10.1. The molecule has 0 atom stereocenters. The quantitative estimate of drug-likeness (QED) is 0.172. The Bertz CT molecular complexity index is 1390. The number of rotatable bonds is 9. The van der Waals surface area contributed by atoms with Crippen LogP contribution in [0.15, 0.2) is 55.4 Å². The van der Waals surface area contributed by atoms with E-state index in [1.165, 1.54) is 0 Å². The largest absolute Gasteiger partial charge is 0.416 e. The normalized spacial score (nSPS) is 12.3. The number of fused-ring (bicyclic) bond motifs is 1. The van der Waals surface area contributed by atoms with Crippen LogP contribution in [0, 0.1) is 5.82 Å². The number of carbonyl (C=O) groups is 1. The van der Waals surface area contributed by atoms with Crippen molar-refractivity contribution in [3.63, 3.8) is 0 Å². The molecule has 4 rings (SSSR count). The third-order valence-electron chi connectivity index (χ3n) is 5.82. The van der Waals surface area contributed by atoms with E-state index in [2.05, 4.69) is 34.9 Å². The fourth-order valence-electron chi connectivity index (χ4n) is 3.84. The molecule has 0 bridgehead atoms. The highest BCUT2D eigenvalue weighted by molar-refractivity contribution is 6.76. The Morgan fingerprint density at radius 2 is 1.95 bits per heavy atom. The summed E-state index contributed by atoms with van der Waals surface area (Å²) in [4.78, 5) is 21.7. The van der Waals surface area contributed by atoms with Gasteiger partial charge in [-0.1, -0.05) is 25.7 Å². The number of amides is 1. The first-order valence-corrected chi connectivity index (χ1v) is 15.3. The molecule has 2 aromatic heterocycles. The molecule has 1 N–H and O–H groups in total. The molecule has 0 spiro atoms. The van der Waals surface area contributed by atoms with Gasteiger partial charge in [0.1, 0.15) is 12.5 Å². The molecule has 1 amide bonds. The minimum absolute atomic E-state index is 0.150. The first kappa shape index (κ1) is 26.5. The Hall–Kier alpha value is -3.51. The van der Waals surface area contributed by atoms with Crippen molar-refractivity contribution < 1.29 is 27.1 Å². The van der Waals surface area contributed by atoms with Crippen LogP contribution >= 0.6 is 0 Å². The van der Waals surface area contributed by atoms with Crippen molar-refractivity contribution in [1.29, 1.82) is 0 Å². The van der Waals surface area contributed by atoms with Crippen LogP contribution in [0.5, 0.6) is 0 Å². The molecule has 4 aromatic rings. The maximum Gasteiger partial charge on any atom is 0.416 e. The zero-order valence-corrected chi connectivity index (χ0v) is 21.6. The summed E-state index contributed by atoms with van der Waals surface area (Å²) in [6, 6.07) is 7.03. The summed E-state index contributed by atoms with van der Waals surface area (Å²) in [5, 5.41) is 2.46. The molecule has 0 radical (unpaired) electrons. The smallest absolute Gasteiger partial charge is 0.361 e. The summed E-state index contributed by atoms with van der Waals surface area (Å²) in [5.41, 5.74) is -0.0650. The lowest BCUT2D eigenvalue weighted by Gasteiger charge is -2.17. The third kappa shape index (κ3) is 6.25. The van der Waals surface area contributed by atoms with E-state index in [1.54, 1.807) is 46.3 Å². The Morgan fingerprint density at radius 1 is 1.16 bits per heavy atom. The minimum Gasteiger partial charge on any atom is -0.361 e. The Labute approximate surface area is 212 Å². The second-order valence-electron chi connectivity index (χ2n) is 9.84. The number of ether oxygens (including phenoxy) is 1. The van der Waals surface area contributed by atoms with Crippen LogP contribution in [0.4, 0.5) is 17.6 Å². The summed E-state index contributed by atoms with van der Waals surface area (Å²) < 4.78 is 63.8. The number of benzene rings is 2. The maximum absolute atomic E-state index is 14.3. The van der Waals surface area contributed by atoms with E-state index in [4.69, 9.17) is 4.74 Å². The van der Waals surface area contributed by atoms with Gasteiger partial charge in [0, 0.05) is 44.9 Å². The molecule has 12 heteroatoms. The second kappa shape index (κ2) is 10.5. The molecule has 7 nitrogen and oxygen atoms in total. The van der Waals surface area contributed by atoms with Gasteiger partial charge in [0.05, 0.1) is 34.8 Å². The fourth-order valence-corrected chi connectivity index (χ4v) is 4.59. The van der Waals surface area contributed by atoms with Gasteiger partial charge in [-0.3, -0.25) is 4.79 Å². The average Bonchev–Trinajstić information content (AvgIpc) is 3.49. The number of hydrogen-bond donors (Lipinski definition) is 1. The topological polar surface area (TPSA) is 74.0 Å². The van der Waals surface area contributed by atoms with Gasteiger partial charge in [0.25, 0.3) is 5.91 Å². The first-order chi connectivity index (χ1) is 17.4. The molecule has 2 aromatic carbocycles. The van der Waals surface area contributed by atoms with Crippen molar-refractivity contribution in [2.24, 2.45) is 0 Å². The van der Waals surface area contributed by atoms with Crippen molar-refractivity contribution in [1.82, 2.24) is 24.4 Å². The molecule has 0 aliphatic carbocycles. The first-order valence-electron chi connectivity index (χ1n) is 11.6. The standard InChI is InChI=1S/C25H27F4N5O2Si/c1-37(2,3)10-9-36-16-34-15-32-22-12-17(33-8-7-30-14-33)11-18(23(22)34)24(35)31-13-19-20(25(27,28)29)5-4-6-21(19)26/h4-8,11-12,14-15H,9-10,13,16H2,1-3H3,(H,31,35). The van der Waals surface area contributed by atoms with Gasteiger partial charge < -0.3 is 19.2 Å². The summed E-state index contributed by atoms with van der Waals surface area (Å²) >= 11 is 0. The van der Waals surface area contributed by atoms with Crippen LogP contribution in [-0.2, 0) is 24.2 Å². The molecular formula is C25H27F4N5O2Si. The molecule has 2 heterocycles. The van der Waals surface area contributed by atoms with Crippen LogP contribution in [0.3, 0.4) is 0 Å². The number of nitrogens with one attached hydrogen (secondary N) is 1. The van der Waals surface area contributed by atoms with Gasteiger partial charge in [-0.2, -0.15) is 13.2 Å². The molecule has 0 aliphatic rings. The lowest BCUT2D eigenvalue weighted by Crippen LogP contribution is -2.26. The van der Waals surface area contributed by atoms with Crippen LogP contribution in [-0.4, -0.2) is 39.7 Å². The fraction of sp³-hybridized carbons (Fsp3) is 0.320. The van der Waals surface area contributed by atoms with E-state index >= 15 is 0 Å². The zero-order valence-electron chi connectivity index (χ0n) is 20.6. The summed E-state index contributed by atoms with van der Waals surface area (Å²) in [7, 11) is -1.30. The number of alkyl halides is 3. The number of nitrogens with zero attached hydrogens (tertiary/aromatic N) is 4. The van der Waals surface area contributed by atoms with Crippen molar-refractivity contribution in [2.75, 3.05) is 6.61 Å². The predicted molar refractivity (Wildman–Crippen MR) is 134 cm³/mol. The molecule has 0 saturated carbocycles. The molecule has 37 heavy (non-hydrogen) atoms. The van der Waals surface area contributed by atoms with Gasteiger partial charge in [-0.25, -0.2) is 14.4 Å². The van der Waals surface area contributed by atoms with E-state index in [0.717, 1.165) is 24.2 Å². The average molecular weight is 534 g/mol. The molecular weight excluding hydrogens is 506 g/mol. The number of halogens is 4. The zero-order chi connectivity index (χ0) is 26.8. The number of hydrogen-bond acceptors (Lipinski definition) is 4. The van der Waals surface area contributed by atoms with Crippen LogP contribution in [0.2, 0.25) is 25.7 Å². The molecule has 0 aliphatic heterocycles. The second-order valence-corrected chi connectivity index (χ2v) is 15.5. The summed E-state index contributed by atoms with van der Waals surface area (Å²) in [6.07, 6.45) is 1.60. The minimum atomic E-state index is -4.76. The van der Waals surface area contributed by atoms with Gasteiger partial charge in [0.2, 0.25) is 0 Å². The highest BCUT2D eigenvalue weighted by atomic mass is 28.3. The summed E-state index contributed by atoms with van der Waals surface area (Å²) in [5.74, 6) is -1.72. The molecule has 196 valence electrons. The highest BCUT2D eigenvalue weighted by Gasteiger charge is 2.34. The van der Waals surface area contributed by atoms with E-state index in [0.29, 0.717) is 23.3 Å². The maximum atomic E-state index is 14.3. The summed E-state index contributed by atoms with van der Waals surface area (Å²) in [6.45, 7) is 6.78. The van der Waals surface area contributed by atoms with Crippen molar-refractivity contribution in [3.05, 3.63) is 77.9 Å². The van der Waals surface area contributed by atoms with Gasteiger partial charge in [-0.05, 0) is 30.3 Å². The van der Waals surface area contributed by atoms with Gasteiger partial charge in [-0.15, -0.1) is 0 Å². The number of imidazole rings is 2. The van der Waals surface area contributed by atoms with E-state index in [9.17, 15) is 22.4 Å². The van der Waals surface area contributed by atoms with Crippen molar-refractivity contribution in [2.45, 2.75) is 45.1 Å². The van der Waals surface area contributed by atoms with Crippen molar-refractivity contribution in [3.8, 4) is 5.69 Å². The van der Waals surface area contributed by atoms with E-state index in [1.807, 2.05) is 0 Å². The Morgan fingerprint density at radius 3 is 2.62 bits per heavy atom. The van der Waals surface area contributed by atoms with E-state index in [-0.39, 0.29) is 12.3 Å². The SMILES string of the molecule is C[Si](C)(C)CCOCn1cnc2cc(-n3ccnc3)cc(C(=O)NCc3c(F)cccc3C(F)(F)F)c21. The monoisotopic (exact) mass is 533 g/mol. The van der Waals surface area contributed by atoms with Crippen LogP contribution < -0.4 is 5.32 Å². The van der Waals surface area contributed by atoms with Crippen LogP contribution in [0.25, 0.3) is 16.7 Å². The lowest BCUT2D eigenvalue weighted by molar-refractivity contribution is -0.138. The van der Waals surface area contributed by atoms with Gasteiger partial charge >= 0.3 is 6.18 Å². The Balaban J connectivity index is 1.66. The van der Waals surface area contributed by atoms with Crippen LogP contribution in [0.1, 0.15) is 21.5 Å². The molecule has 0 fully saturated rings. The molecule has 0 unspecified atom stereocenters. The third-order valence-corrected chi connectivity index (χ3v) is 7.53. The molecule has 0 saturated heterocycles. The Kier molecular flexibility index (Phi) is 7.51. The van der Waals surface area contributed by atoms with E-state index < -0.39 is 43.6 Å². The van der Waals surface area contributed by atoms with Gasteiger partial charge in [0.15, 0.2) is 0 Å². The number of aromatic nitrogens is 4. The predicted octanol–water partition coefficient (Wildman–Crippen LogP) is 5.62.